The summed E-state index contributed by atoms with van der Waals surface area (Å²) in [5.74, 6) is 0.889. The molecular formula is C20H20N6. The minimum absolute atomic E-state index is 0.0185. The molecule has 0 fully saturated rings. The molecule has 0 bridgehead atoms. The van der Waals surface area contributed by atoms with Crippen molar-refractivity contribution in [3.8, 4) is 11.1 Å². The number of hydrogen-bond donors (Lipinski definition) is 2. The second-order valence-electron chi connectivity index (χ2n) is 6.17. The average Bonchev–Trinajstić information content (AvgIpc) is 3.35. The number of nitrogens with one attached hydrogen (secondary N) is 2. The van der Waals surface area contributed by atoms with Crippen LogP contribution in [0.4, 0.5) is 0 Å². The summed E-state index contributed by atoms with van der Waals surface area (Å²) < 4.78 is 1.82. The van der Waals surface area contributed by atoms with Crippen molar-refractivity contribution >= 4 is 0 Å². The Morgan fingerprint density at radius 2 is 2.00 bits per heavy atom. The summed E-state index contributed by atoms with van der Waals surface area (Å²) in [6.07, 6.45) is 11.1. The Balaban J connectivity index is 1.55. The molecule has 0 radical (unpaired) electrons. The fourth-order valence-corrected chi connectivity index (χ4v) is 3.01. The van der Waals surface area contributed by atoms with E-state index in [0.717, 1.165) is 29.1 Å². The van der Waals surface area contributed by atoms with Crippen LogP contribution in [0.5, 0.6) is 0 Å². The van der Waals surface area contributed by atoms with Crippen LogP contribution in [-0.2, 0) is 13.6 Å². The number of aryl methyl sites for hydroxylation is 1. The summed E-state index contributed by atoms with van der Waals surface area (Å²) >= 11 is 0. The smallest absolute Gasteiger partial charge is 0.127 e. The van der Waals surface area contributed by atoms with Gasteiger partial charge in [0.1, 0.15) is 5.82 Å². The number of pyridine rings is 1. The van der Waals surface area contributed by atoms with Crippen LogP contribution < -0.4 is 5.32 Å². The standard InChI is InChI=1S/C20H20N6/c1-26-14-18(13-25-26)17-4-2-3-15(11-17)12-24-19(20-22-9-10-23-20)16-5-7-21-8-6-16/h2-11,13-14,19,24H,12H2,1H3,(H,22,23)/t19-/m1/s1. The first kappa shape index (κ1) is 16.2. The van der Waals surface area contributed by atoms with E-state index in [1.54, 1.807) is 18.6 Å². The van der Waals surface area contributed by atoms with Crippen molar-refractivity contribution in [2.75, 3.05) is 0 Å². The lowest BCUT2D eigenvalue weighted by molar-refractivity contribution is 0.580. The van der Waals surface area contributed by atoms with Gasteiger partial charge in [0, 0.05) is 50.1 Å². The van der Waals surface area contributed by atoms with E-state index >= 15 is 0 Å². The quantitative estimate of drug-likeness (QED) is 0.564. The van der Waals surface area contributed by atoms with E-state index < -0.39 is 0 Å². The number of rotatable bonds is 6. The first-order valence-electron chi connectivity index (χ1n) is 8.50. The molecule has 0 spiro atoms. The molecule has 3 aromatic heterocycles. The Hall–Kier alpha value is -3.25. The van der Waals surface area contributed by atoms with Crippen molar-refractivity contribution in [1.82, 2.24) is 30.0 Å². The van der Waals surface area contributed by atoms with E-state index in [1.165, 1.54) is 5.56 Å². The number of benzene rings is 1. The molecule has 0 aliphatic rings. The highest BCUT2D eigenvalue weighted by molar-refractivity contribution is 5.62. The Morgan fingerprint density at radius 1 is 1.12 bits per heavy atom. The Bertz CT molecular complexity index is 959. The zero-order chi connectivity index (χ0) is 17.8. The molecule has 1 aromatic carbocycles. The van der Waals surface area contributed by atoms with Gasteiger partial charge in [0.05, 0.1) is 12.2 Å². The number of hydrogen-bond acceptors (Lipinski definition) is 4. The predicted octanol–water partition coefficient (Wildman–Crippen LogP) is 3.08. The van der Waals surface area contributed by atoms with E-state index in [1.807, 2.05) is 42.5 Å². The Labute approximate surface area is 152 Å². The van der Waals surface area contributed by atoms with Crippen molar-refractivity contribution in [2.24, 2.45) is 7.05 Å². The molecule has 0 unspecified atom stereocenters. The topological polar surface area (TPSA) is 71.4 Å². The van der Waals surface area contributed by atoms with Gasteiger partial charge in [-0.1, -0.05) is 18.2 Å². The number of imidazole rings is 1. The third kappa shape index (κ3) is 3.55. The van der Waals surface area contributed by atoms with Gasteiger partial charge in [-0.05, 0) is 34.9 Å². The van der Waals surface area contributed by atoms with E-state index in [0.29, 0.717) is 0 Å². The van der Waals surface area contributed by atoms with E-state index in [9.17, 15) is 0 Å². The molecule has 0 aliphatic heterocycles. The molecule has 3 heterocycles. The molecule has 0 saturated carbocycles. The van der Waals surface area contributed by atoms with Crippen LogP contribution in [0.3, 0.4) is 0 Å². The molecule has 4 rings (SSSR count). The lowest BCUT2D eigenvalue weighted by Gasteiger charge is -2.17. The molecule has 130 valence electrons. The third-order valence-electron chi connectivity index (χ3n) is 4.31. The van der Waals surface area contributed by atoms with Gasteiger partial charge in [-0.3, -0.25) is 15.0 Å². The van der Waals surface area contributed by atoms with Gasteiger partial charge >= 0.3 is 0 Å². The van der Waals surface area contributed by atoms with Gasteiger partial charge in [0.2, 0.25) is 0 Å². The van der Waals surface area contributed by atoms with Crippen LogP contribution in [0.15, 0.2) is 73.6 Å². The monoisotopic (exact) mass is 344 g/mol. The lowest BCUT2D eigenvalue weighted by atomic mass is 10.0. The molecule has 0 aliphatic carbocycles. The number of nitrogens with zero attached hydrogens (tertiary/aromatic N) is 4. The van der Waals surface area contributed by atoms with Crippen LogP contribution in [0.25, 0.3) is 11.1 Å². The first-order valence-corrected chi connectivity index (χ1v) is 8.50. The maximum Gasteiger partial charge on any atom is 0.127 e. The fourth-order valence-electron chi connectivity index (χ4n) is 3.01. The van der Waals surface area contributed by atoms with Crippen molar-refractivity contribution in [1.29, 1.82) is 0 Å². The van der Waals surface area contributed by atoms with Crippen LogP contribution in [0, 0.1) is 0 Å². The normalized spacial score (nSPS) is 12.2. The summed E-state index contributed by atoms with van der Waals surface area (Å²) in [6.45, 7) is 0.724. The summed E-state index contributed by atoms with van der Waals surface area (Å²) in [5, 5.41) is 7.85. The maximum atomic E-state index is 4.42. The van der Waals surface area contributed by atoms with Crippen molar-refractivity contribution in [2.45, 2.75) is 12.6 Å². The van der Waals surface area contributed by atoms with Gasteiger partial charge in [0.15, 0.2) is 0 Å². The minimum atomic E-state index is -0.0185. The highest BCUT2D eigenvalue weighted by Crippen LogP contribution is 2.22. The molecule has 1 atom stereocenters. The van der Waals surface area contributed by atoms with Gasteiger partial charge in [-0.25, -0.2) is 4.98 Å². The Morgan fingerprint density at radius 3 is 2.73 bits per heavy atom. The van der Waals surface area contributed by atoms with Gasteiger partial charge in [0.25, 0.3) is 0 Å². The summed E-state index contributed by atoms with van der Waals surface area (Å²) in [5.41, 5.74) is 4.61. The fraction of sp³-hybridized carbons (Fsp3) is 0.150. The second-order valence-corrected chi connectivity index (χ2v) is 6.17. The summed E-state index contributed by atoms with van der Waals surface area (Å²) in [7, 11) is 1.93. The first-order chi connectivity index (χ1) is 12.8. The number of aromatic nitrogens is 5. The molecule has 26 heavy (non-hydrogen) atoms. The van der Waals surface area contributed by atoms with Gasteiger partial charge in [-0.2, -0.15) is 5.10 Å². The molecule has 2 N–H and O–H groups in total. The van der Waals surface area contributed by atoms with E-state index in [2.05, 4.69) is 49.6 Å². The molecule has 6 heteroatoms. The summed E-state index contributed by atoms with van der Waals surface area (Å²) in [4.78, 5) is 11.7. The lowest BCUT2D eigenvalue weighted by Crippen LogP contribution is -2.23. The Kier molecular flexibility index (Phi) is 4.57. The SMILES string of the molecule is Cn1cc(-c2cccc(CN[C@H](c3ccncc3)c3ncc[nH]3)c2)cn1. The molecule has 6 nitrogen and oxygen atoms in total. The third-order valence-corrected chi connectivity index (χ3v) is 4.31. The number of H-pyrrole nitrogens is 1. The predicted molar refractivity (Wildman–Crippen MR) is 100 cm³/mol. The van der Waals surface area contributed by atoms with E-state index in [-0.39, 0.29) is 6.04 Å². The number of aromatic amines is 1. The molecule has 4 aromatic rings. The minimum Gasteiger partial charge on any atom is -0.347 e. The second kappa shape index (κ2) is 7.33. The van der Waals surface area contributed by atoms with Gasteiger partial charge < -0.3 is 4.98 Å². The zero-order valence-corrected chi connectivity index (χ0v) is 14.5. The highest BCUT2D eigenvalue weighted by atomic mass is 15.2. The molecular weight excluding hydrogens is 324 g/mol. The summed E-state index contributed by atoms with van der Waals surface area (Å²) in [6, 6.07) is 12.5. The van der Waals surface area contributed by atoms with Crippen molar-refractivity contribution in [3.63, 3.8) is 0 Å². The van der Waals surface area contributed by atoms with Crippen molar-refractivity contribution < 1.29 is 0 Å². The highest BCUT2D eigenvalue weighted by Gasteiger charge is 2.16. The molecule has 0 saturated heterocycles. The van der Waals surface area contributed by atoms with Crippen LogP contribution in [0.2, 0.25) is 0 Å². The van der Waals surface area contributed by atoms with E-state index in [4.69, 9.17) is 0 Å². The van der Waals surface area contributed by atoms with Gasteiger partial charge in [-0.15, -0.1) is 0 Å². The average molecular weight is 344 g/mol. The largest absolute Gasteiger partial charge is 0.347 e. The maximum absolute atomic E-state index is 4.42. The molecule has 0 amide bonds. The van der Waals surface area contributed by atoms with Crippen LogP contribution in [0.1, 0.15) is 23.0 Å². The van der Waals surface area contributed by atoms with Crippen LogP contribution >= 0.6 is 0 Å². The zero-order valence-electron chi connectivity index (χ0n) is 14.5. The van der Waals surface area contributed by atoms with Crippen molar-refractivity contribution in [3.05, 3.63) is 90.5 Å². The van der Waals surface area contributed by atoms with Crippen LogP contribution in [-0.4, -0.2) is 24.7 Å².